The van der Waals surface area contributed by atoms with Crippen molar-refractivity contribution in [1.82, 2.24) is 15.5 Å². The second-order valence-electron chi connectivity index (χ2n) is 8.24. The van der Waals surface area contributed by atoms with Crippen molar-refractivity contribution in [3.8, 4) is 0 Å². The number of hydrogen-bond acceptors (Lipinski definition) is 4. The first-order valence-electron chi connectivity index (χ1n) is 9.98. The molecule has 3 aliphatic rings. The zero-order valence-electron chi connectivity index (χ0n) is 16.4. The van der Waals surface area contributed by atoms with Crippen LogP contribution in [0.5, 0.6) is 0 Å². The van der Waals surface area contributed by atoms with Gasteiger partial charge in [0, 0.05) is 32.8 Å². The standard InChI is InChI=1S/C19H34N4O3/c1-13(11-26-16-6-7-25-12-16)21-19(20-10-18(24)23(2)3)22-17-9-14-4-5-15(17)8-14/h13-17H,4-12H2,1-3H3,(H2,20,21,22). The van der Waals surface area contributed by atoms with E-state index in [1.165, 1.54) is 25.7 Å². The molecule has 7 heteroatoms. The number of nitrogens with zero attached hydrogens (tertiary/aromatic N) is 2. The van der Waals surface area contributed by atoms with Gasteiger partial charge in [0.2, 0.25) is 5.91 Å². The Balaban J connectivity index is 1.52. The van der Waals surface area contributed by atoms with Crippen LogP contribution in [0.2, 0.25) is 0 Å². The number of amides is 1. The lowest BCUT2D eigenvalue weighted by Gasteiger charge is -2.27. The van der Waals surface area contributed by atoms with Gasteiger partial charge in [0.1, 0.15) is 6.54 Å². The third-order valence-electron chi connectivity index (χ3n) is 5.78. The van der Waals surface area contributed by atoms with Crippen molar-refractivity contribution < 1.29 is 14.3 Å². The lowest BCUT2D eigenvalue weighted by Crippen LogP contribution is -2.50. The molecule has 1 saturated heterocycles. The van der Waals surface area contributed by atoms with E-state index in [1.807, 2.05) is 0 Å². The number of guanidine groups is 1. The Morgan fingerprint density at radius 1 is 1.31 bits per heavy atom. The van der Waals surface area contributed by atoms with Crippen LogP contribution in [0.15, 0.2) is 4.99 Å². The average molecular weight is 367 g/mol. The number of carbonyl (C=O) groups excluding carboxylic acids is 1. The van der Waals surface area contributed by atoms with Gasteiger partial charge in [0.05, 0.1) is 19.3 Å². The van der Waals surface area contributed by atoms with Crippen LogP contribution in [0, 0.1) is 11.8 Å². The number of aliphatic imine (C=N–C) groups is 1. The van der Waals surface area contributed by atoms with Gasteiger partial charge in [-0.2, -0.15) is 0 Å². The maximum absolute atomic E-state index is 11.9. The SMILES string of the molecule is CC(COC1CCOC1)NC(=NCC(=O)N(C)C)NC1CC2CCC1C2. The summed E-state index contributed by atoms with van der Waals surface area (Å²) in [5, 5.41) is 7.01. The summed E-state index contributed by atoms with van der Waals surface area (Å²) in [6.45, 7) is 4.33. The number of carbonyl (C=O) groups is 1. The molecule has 0 aromatic rings. The molecule has 2 saturated carbocycles. The van der Waals surface area contributed by atoms with Crippen molar-refractivity contribution in [1.29, 1.82) is 0 Å². The van der Waals surface area contributed by atoms with Crippen molar-refractivity contribution in [3.05, 3.63) is 0 Å². The minimum absolute atomic E-state index is 0.00560. The van der Waals surface area contributed by atoms with Gasteiger partial charge in [0.15, 0.2) is 5.96 Å². The van der Waals surface area contributed by atoms with Gasteiger partial charge in [-0.3, -0.25) is 4.79 Å². The predicted octanol–water partition coefficient (Wildman–Crippen LogP) is 0.992. The molecule has 0 aromatic carbocycles. The van der Waals surface area contributed by atoms with Crippen molar-refractivity contribution in [2.45, 2.75) is 57.2 Å². The number of likely N-dealkylation sites (N-methyl/N-ethyl adjacent to an activating group) is 1. The topological polar surface area (TPSA) is 75.2 Å². The molecule has 1 aliphatic heterocycles. The largest absolute Gasteiger partial charge is 0.379 e. The first-order chi connectivity index (χ1) is 12.5. The summed E-state index contributed by atoms with van der Waals surface area (Å²) in [5.41, 5.74) is 0. The van der Waals surface area contributed by atoms with E-state index in [9.17, 15) is 4.79 Å². The maximum atomic E-state index is 11.9. The Kier molecular flexibility index (Phi) is 6.75. The Morgan fingerprint density at radius 2 is 2.15 bits per heavy atom. The van der Waals surface area contributed by atoms with Gasteiger partial charge in [-0.05, 0) is 44.4 Å². The smallest absolute Gasteiger partial charge is 0.243 e. The normalized spacial score (nSPS) is 31.9. The van der Waals surface area contributed by atoms with Crippen LogP contribution < -0.4 is 10.6 Å². The Hall–Kier alpha value is -1.34. The molecular weight excluding hydrogens is 332 g/mol. The van der Waals surface area contributed by atoms with E-state index in [1.54, 1.807) is 19.0 Å². The molecule has 3 fully saturated rings. The van der Waals surface area contributed by atoms with E-state index in [2.05, 4.69) is 22.5 Å². The number of ether oxygens (including phenoxy) is 2. The van der Waals surface area contributed by atoms with E-state index in [0.29, 0.717) is 19.3 Å². The monoisotopic (exact) mass is 366 g/mol. The quantitative estimate of drug-likeness (QED) is 0.519. The molecule has 2 N–H and O–H groups in total. The van der Waals surface area contributed by atoms with Gasteiger partial charge in [-0.15, -0.1) is 0 Å². The van der Waals surface area contributed by atoms with E-state index < -0.39 is 0 Å². The van der Waals surface area contributed by atoms with Gasteiger partial charge in [0.25, 0.3) is 0 Å². The molecule has 5 atom stereocenters. The second kappa shape index (κ2) is 9.04. The minimum atomic E-state index is 0.00560. The molecule has 148 valence electrons. The summed E-state index contributed by atoms with van der Waals surface area (Å²) in [7, 11) is 3.52. The summed E-state index contributed by atoms with van der Waals surface area (Å²) in [5.74, 6) is 2.35. The van der Waals surface area contributed by atoms with Crippen LogP contribution in [-0.4, -0.2) is 75.4 Å². The molecule has 3 rings (SSSR count). The van der Waals surface area contributed by atoms with Crippen LogP contribution in [0.4, 0.5) is 0 Å². The van der Waals surface area contributed by atoms with Gasteiger partial charge < -0.3 is 25.0 Å². The van der Waals surface area contributed by atoms with Gasteiger partial charge >= 0.3 is 0 Å². The first-order valence-corrected chi connectivity index (χ1v) is 9.98. The fourth-order valence-corrected chi connectivity index (χ4v) is 4.22. The molecule has 26 heavy (non-hydrogen) atoms. The zero-order valence-corrected chi connectivity index (χ0v) is 16.4. The highest BCUT2D eigenvalue weighted by atomic mass is 16.5. The summed E-state index contributed by atoms with van der Waals surface area (Å²) in [4.78, 5) is 18.0. The van der Waals surface area contributed by atoms with Crippen LogP contribution in [0.3, 0.4) is 0 Å². The second-order valence-corrected chi connectivity index (χ2v) is 8.24. The summed E-state index contributed by atoms with van der Waals surface area (Å²) < 4.78 is 11.3. The third kappa shape index (κ3) is 5.33. The third-order valence-corrected chi connectivity index (χ3v) is 5.78. The highest BCUT2D eigenvalue weighted by molar-refractivity contribution is 5.85. The van der Waals surface area contributed by atoms with E-state index >= 15 is 0 Å². The average Bonchev–Trinajstić information content (AvgIpc) is 3.35. The molecule has 0 radical (unpaired) electrons. The Labute approximate surface area is 156 Å². The van der Waals surface area contributed by atoms with Crippen molar-refractivity contribution in [3.63, 3.8) is 0 Å². The summed E-state index contributed by atoms with van der Waals surface area (Å²) in [6.07, 6.45) is 6.41. The number of hydrogen-bond donors (Lipinski definition) is 2. The predicted molar refractivity (Wildman–Crippen MR) is 101 cm³/mol. The fourth-order valence-electron chi connectivity index (χ4n) is 4.22. The van der Waals surface area contributed by atoms with Crippen molar-refractivity contribution in [2.75, 3.05) is 40.5 Å². The van der Waals surface area contributed by atoms with E-state index in [0.717, 1.165) is 30.8 Å². The number of fused-ring (bicyclic) bond motifs is 2. The molecule has 2 aliphatic carbocycles. The Morgan fingerprint density at radius 3 is 2.77 bits per heavy atom. The lowest BCUT2D eigenvalue weighted by molar-refractivity contribution is -0.127. The van der Waals surface area contributed by atoms with E-state index in [-0.39, 0.29) is 24.6 Å². The van der Waals surface area contributed by atoms with Crippen LogP contribution in [0.1, 0.15) is 39.0 Å². The highest BCUT2D eigenvalue weighted by Gasteiger charge is 2.39. The van der Waals surface area contributed by atoms with E-state index in [4.69, 9.17) is 9.47 Å². The molecule has 1 amide bonds. The van der Waals surface area contributed by atoms with Crippen molar-refractivity contribution >= 4 is 11.9 Å². The van der Waals surface area contributed by atoms with Gasteiger partial charge in [-0.25, -0.2) is 4.99 Å². The Bertz CT molecular complexity index is 505. The van der Waals surface area contributed by atoms with Crippen molar-refractivity contribution in [2.24, 2.45) is 16.8 Å². The van der Waals surface area contributed by atoms with Crippen LogP contribution >= 0.6 is 0 Å². The summed E-state index contributed by atoms with van der Waals surface area (Å²) in [6, 6.07) is 0.598. The highest BCUT2D eigenvalue weighted by Crippen LogP contribution is 2.44. The maximum Gasteiger partial charge on any atom is 0.243 e. The zero-order chi connectivity index (χ0) is 18.5. The summed E-state index contributed by atoms with van der Waals surface area (Å²) >= 11 is 0. The number of nitrogens with one attached hydrogen (secondary N) is 2. The lowest BCUT2D eigenvalue weighted by atomic mass is 9.95. The molecule has 7 nitrogen and oxygen atoms in total. The molecule has 1 heterocycles. The molecule has 0 aromatic heterocycles. The number of rotatable bonds is 7. The van der Waals surface area contributed by atoms with Gasteiger partial charge in [-0.1, -0.05) is 6.42 Å². The molecule has 5 unspecified atom stereocenters. The first kappa shape index (κ1) is 19.4. The molecular formula is C19H34N4O3. The molecule has 2 bridgehead atoms. The minimum Gasteiger partial charge on any atom is -0.379 e. The van der Waals surface area contributed by atoms with Crippen LogP contribution in [0.25, 0.3) is 0 Å². The molecule has 0 spiro atoms. The van der Waals surface area contributed by atoms with Crippen LogP contribution in [-0.2, 0) is 14.3 Å². The fraction of sp³-hybridized carbons (Fsp3) is 0.895.